The second-order valence-corrected chi connectivity index (χ2v) is 9.67. The molecule has 3 aliphatic rings. The van der Waals surface area contributed by atoms with Gasteiger partial charge < -0.3 is 5.11 Å². The van der Waals surface area contributed by atoms with Gasteiger partial charge >= 0.3 is 0 Å². The van der Waals surface area contributed by atoms with Crippen molar-refractivity contribution in [2.45, 2.75) is 84.7 Å². The zero-order chi connectivity index (χ0) is 15.5. The third-order valence-corrected chi connectivity index (χ3v) is 7.79. The fourth-order valence-corrected chi connectivity index (χ4v) is 6.73. The van der Waals surface area contributed by atoms with Gasteiger partial charge in [-0.3, -0.25) is 0 Å². The molecular weight excluding hydrogens is 256 g/mol. The molecule has 0 spiro atoms. The maximum absolute atomic E-state index is 11.5. The van der Waals surface area contributed by atoms with Gasteiger partial charge in [-0.2, -0.15) is 0 Å². The molecule has 1 nitrogen and oxygen atoms in total. The van der Waals surface area contributed by atoms with E-state index >= 15 is 0 Å². The molecule has 21 heavy (non-hydrogen) atoms. The SMILES string of the molecule is C=C[C@]1(C)CC[C@H]2[C@@](O)(CC[C@H]3C(C)(C)CCC[C@@]32C)C1. The number of rotatable bonds is 1. The summed E-state index contributed by atoms with van der Waals surface area (Å²) in [5.74, 6) is 1.29. The third kappa shape index (κ3) is 2.22. The van der Waals surface area contributed by atoms with Gasteiger partial charge in [0.15, 0.2) is 0 Å². The fourth-order valence-electron chi connectivity index (χ4n) is 6.73. The Balaban J connectivity index is 1.94. The van der Waals surface area contributed by atoms with Crippen LogP contribution in [0.15, 0.2) is 12.7 Å². The van der Waals surface area contributed by atoms with Crippen LogP contribution in [0.4, 0.5) is 0 Å². The highest BCUT2D eigenvalue weighted by Crippen LogP contribution is 2.66. The van der Waals surface area contributed by atoms with Crippen LogP contribution in [0, 0.1) is 28.1 Å². The van der Waals surface area contributed by atoms with Crippen LogP contribution in [0.1, 0.15) is 79.1 Å². The van der Waals surface area contributed by atoms with Crippen LogP contribution in [-0.2, 0) is 0 Å². The Bertz CT molecular complexity index is 439. The van der Waals surface area contributed by atoms with Crippen molar-refractivity contribution in [2.75, 3.05) is 0 Å². The van der Waals surface area contributed by atoms with Crippen LogP contribution < -0.4 is 0 Å². The third-order valence-electron chi connectivity index (χ3n) is 7.79. The van der Waals surface area contributed by atoms with Crippen LogP contribution >= 0.6 is 0 Å². The van der Waals surface area contributed by atoms with Gasteiger partial charge in [-0.25, -0.2) is 0 Å². The van der Waals surface area contributed by atoms with Gasteiger partial charge in [0, 0.05) is 0 Å². The molecule has 3 aliphatic carbocycles. The van der Waals surface area contributed by atoms with Gasteiger partial charge in [0.25, 0.3) is 0 Å². The largest absolute Gasteiger partial charge is 0.390 e. The Morgan fingerprint density at radius 1 is 0.952 bits per heavy atom. The van der Waals surface area contributed by atoms with Crippen molar-refractivity contribution in [2.24, 2.45) is 28.1 Å². The summed E-state index contributed by atoms with van der Waals surface area (Å²) in [6.07, 6.45) is 11.6. The molecule has 1 heteroatoms. The van der Waals surface area contributed by atoms with Gasteiger partial charge in [0.2, 0.25) is 0 Å². The zero-order valence-electron chi connectivity index (χ0n) is 14.5. The van der Waals surface area contributed by atoms with E-state index in [0.29, 0.717) is 16.7 Å². The summed E-state index contributed by atoms with van der Waals surface area (Å²) in [5.41, 5.74) is 0.489. The zero-order valence-corrected chi connectivity index (χ0v) is 14.5. The van der Waals surface area contributed by atoms with Crippen molar-refractivity contribution in [1.29, 1.82) is 0 Å². The van der Waals surface area contributed by atoms with Gasteiger partial charge in [-0.15, -0.1) is 6.58 Å². The molecule has 0 saturated heterocycles. The van der Waals surface area contributed by atoms with Crippen molar-refractivity contribution in [1.82, 2.24) is 0 Å². The van der Waals surface area contributed by atoms with Crippen molar-refractivity contribution in [3.8, 4) is 0 Å². The first-order chi connectivity index (χ1) is 9.65. The minimum atomic E-state index is -0.445. The van der Waals surface area contributed by atoms with Crippen LogP contribution in [-0.4, -0.2) is 10.7 Å². The highest BCUT2D eigenvalue weighted by Gasteiger charge is 2.61. The van der Waals surface area contributed by atoms with Gasteiger partial charge in [-0.1, -0.05) is 40.2 Å². The highest BCUT2D eigenvalue weighted by molar-refractivity contribution is 5.13. The van der Waals surface area contributed by atoms with Crippen LogP contribution in [0.2, 0.25) is 0 Å². The summed E-state index contributed by atoms with van der Waals surface area (Å²) in [5, 5.41) is 11.5. The normalized spacial score (nSPS) is 52.6. The van der Waals surface area contributed by atoms with Crippen LogP contribution in [0.5, 0.6) is 0 Å². The lowest BCUT2D eigenvalue weighted by Crippen LogP contribution is -2.61. The van der Waals surface area contributed by atoms with E-state index in [1.165, 1.54) is 38.5 Å². The molecule has 0 radical (unpaired) electrons. The average Bonchev–Trinajstić information content (AvgIpc) is 2.36. The molecular formula is C20H34O. The van der Waals surface area contributed by atoms with E-state index in [-0.39, 0.29) is 5.41 Å². The summed E-state index contributed by atoms with van der Waals surface area (Å²) in [7, 11) is 0. The van der Waals surface area contributed by atoms with Crippen LogP contribution in [0.25, 0.3) is 0 Å². The maximum Gasteiger partial charge on any atom is 0.0689 e. The van der Waals surface area contributed by atoms with Gasteiger partial charge in [-0.05, 0) is 73.0 Å². The second-order valence-electron chi connectivity index (χ2n) is 9.67. The van der Waals surface area contributed by atoms with E-state index in [2.05, 4.69) is 40.3 Å². The minimum absolute atomic E-state index is 0.138. The van der Waals surface area contributed by atoms with E-state index in [0.717, 1.165) is 18.8 Å². The van der Waals surface area contributed by atoms with E-state index < -0.39 is 5.60 Å². The fraction of sp³-hybridized carbons (Fsp3) is 0.900. The second kappa shape index (κ2) is 4.60. The van der Waals surface area contributed by atoms with Crippen molar-refractivity contribution >= 4 is 0 Å². The molecule has 0 aromatic heterocycles. The van der Waals surface area contributed by atoms with Gasteiger partial charge in [0.1, 0.15) is 0 Å². The predicted octanol–water partition coefficient (Wildman–Crippen LogP) is 5.34. The van der Waals surface area contributed by atoms with E-state index in [1.807, 2.05) is 0 Å². The molecule has 1 N–H and O–H groups in total. The van der Waals surface area contributed by atoms with E-state index in [1.54, 1.807) is 0 Å². The summed E-state index contributed by atoms with van der Waals surface area (Å²) in [6, 6.07) is 0. The standard InChI is InChI=1S/C20H34O/c1-6-18(4)12-8-16-19(5)11-7-10-17(2,3)15(19)9-13-20(16,21)14-18/h6,15-16,21H,1,7-14H2,2-5H3/t15-,16+,18+,19-,20+/m0/s1. The lowest BCUT2D eigenvalue weighted by Gasteiger charge is -2.64. The Kier molecular flexibility index (Phi) is 3.41. The number of fused-ring (bicyclic) bond motifs is 3. The Hall–Kier alpha value is -0.300. The first-order valence-electron chi connectivity index (χ1n) is 9.01. The molecule has 0 aromatic rings. The number of hydrogen-bond donors (Lipinski definition) is 1. The maximum atomic E-state index is 11.5. The van der Waals surface area contributed by atoms with Crippen molar-refractivity contribution in [3.63, 3.8) is 0 Å². The molecule has 120 valence electrons. The quantitative estimate of drug-likeness (QED) is 0.647. The molecule has 0 amide bonds. The average molecular weight is 290 g/mol. The smallest absolute Gasteiger partial charge is 0.0689 e. The van der Waals surface area contributed by atoms with E-state index in [4.69, 9.17) is 0 Å². The molecule has 3 rings (SSSR count). The summed E-state index contributed by atoms with van der Waals surface area (Å²) < 4.78 is 0. The molecule has 5 atom stereocenters. The van der Waals surface area contributed by atoms with Crippen LogP contribution in [0.3, 0.4) is 0 Å². The Morgan fingerprint density at radius 2 is 1.62 bits per heavy atom. The highest BCUT2D eigenvalue weighted by atomic mass is 16.3. The monoisotopic (exact) mass is 290 g/mol. The number of aliphatic hydroxyl groups is 1. The van der Waals surface area contributed by atoms with Crippen molar-refractivity contribution < 1.29 is 5.11 Å². The first kappa shape index (κ1) is 15.6. The topological polar surface area (TPSA) is 20.2 Å². The lowest BCUT2D eigenvalue weighted by molar-refractivity contribution is -0.202. The summed E-state index contributed by atoms with van der Waals surface area (Å²) >= 11 is 0. The first-order valence-corrected chi connectivity index (χ1v) is 9.01. The minimum Gasteiger partial charge on any atom is -0.390 e. The molecule has 0 heterocycles. The molecule has 0 aliphatic heterocycles. The molecule has 0 bridgehead atoms. The van der Waals surface area contributed by atoms with Gasteiger partial charge in [0.05, 0.1) is 5.60 Å². The summed E-state index contributed by atoms with van der Waals surface area (Å²) in [4.78, 5) is 0. The molecule has 3 fully saturated rings. The number of allylic oxidation sites excluding steroid dienone is 1. The Labute approximate surface area is 131 Å². The van der Waals surface area contributed by atoms with Crippen molar-refractivity contribution in [3.05, 3.63) is 12.7 Å². The number of hydrogen-bond acceptors (Lipinski definition) is 1. The molecule has 0 aromatic carbocycles. The van der Waals surface area contributed by atoms with E-state index in [9.17, 15) is 5.11 Å². The lowest BCUT2D eigenvalue weighted by atomic mass is 9.42. The molecule has 3 saturated carbocycles. The molecule has 0 unspecified atom stereocenters. The summed E-state index contributed by atoms with van der Waals surface area (Å²) in [6.45, 7) is 13.8. The Morgan fingerprint density at radius 3 is 2.29 bits per heavy atom. The predicted molar refractivity (Wildman–Crippen MR) is 89.1 cm³/mol.